The van der Waals surface area contributed by atoms with Gasteiger partial charge in [0.05, 0.1) is 18.1 Å². The molecule has 1 N–H and O–H groups in total. The van der Waals surface area contributed by atoms with Crippen LogP contribution in [-0.4, -0.2) is 13.2 Å². The summed E-state index contributed by atoms with van der Waals surface area (Å²) in [6, 6.07) is 8.75. The van der Waals surface area contributed by atoms with Crippen LogP contribution in [0.2, 0.25) is 0 Å². The number of halogens is 1. The fourth-order valence-electron chi connectivity index (χ4n) is 2.18. The van der Waals surface area contributed by atoms with Gasteiger partial charge in [0.15, 0.2) is 0 Å². The Morgan fingerprint density at radius 2 is 2.32 bits per heavy atom. The smallest absolute Gasteiger partial charge is 0.125 e. The molecule has 1 aromatic carbocycles. The molecule has 0 aliphatic carbocycles. The number of hydrogen-bond acceptors (Lipinski definition) is 3. The molecule has 0 bridgehead atoms. The summed E-state index contributed by atoms with van der Waals surface area (Å²) in [6.45, 7) is 5.35. The minimum Gasteiger partial charge on any atom is -0.493 e. The molecule has 102 valence electrons. The molecule has 19 heavy (non-hydrogen) atoms. The fraction of sp³-hybridized carbons (Fsp3) is 0.533. The zero-order chi connectivity index (χ0) is 13.9. The van der Waals surface area contributed by atoms with E-state index >= 15 is 0 Å². The fourth-order valence-corrected chi connectivity index (χ4v) is 2.52. The Morgan fingerprint density at radius 3 is 3.05 bits per heavy atom. The zero-order valence-corrected chi connectivity index (χ0v) is 13.0. The Bertz CT molecular complexity index is 493. The first-order valence-corrected chi connectivity index (χ1v) is 7.38. The zero-order valence-electron chi connectivity index (χ0n) is 11.4. The van der Waals surface area contributed by atoms with E-state index in [4.69, 9.17) is 10.00 Å². The first-order valence-electron chi connectivity index (χ1n) is 6.59. The van der Waals surface area contributed by atoms with Crippen LogP contribution in [0.1, 0.15) is 38.3 Å². The third kappa shape index (κ3) is 3.71. The van der Waals surface area contributed by atoms with Gasteiger partial charge in [0.1, 0.15) is 5.75 Å². The van der Waals surface area contributed by atoms with E-state index in [-0.39, 0.29) is 11.5 Å². The van der Waals surface area contributed by atoms with Gasteiger partial charge >= 0.3 is 0 Å². The van der Waals surface area contributed by atoms with Crippen LogP contribution in [-0.2, 0) is 0 Å². The summed E-state index contributed by atoms with van der Waals surface area (Å²) in [4.78, 5) is 0. The molecular formula is C15H19BrN2O. The molecule has 1 unspecified atom stereocenters. The van der Waals surface area contributed by atoms with Gasteiger partial charge in [-0.1, -0.05) is 22.0 Å². The molecule has 0 aromatic heterocycles. The van der Waals surface area contributed by atoms with Gasteiger partial charge in [-0.05, 0) is 38.8 Å². The van der Waals surface area contributed by atoms with E-state index in [1.165, 1.54) is 5.56 Å². The molecule has 0 amide bonds. The molecular weight excluding hydrogens is 304 g/mol. The summed E-state index contributed by atoms with van der Waals surface area (Å²) >= 11 is 3.47. The van der Waals surface area contributed by atoms with Gasteiger partial charge < -0.3 is 10.1 Å². The normalized spacial score (nSPS) is 18.9. The summed E-state index contributed by atoms with van der Waals surface area (Å²) in [5, 5.41) is 12.6. The molecule has 1 aliphatic heterocycles. The van der Waals surface area contributed by atoms with Crippen LogP contribution < -0.4 is 10.1 Å². The van der Waals surface area contributed by atoms with Gasteiger partial charge in [-0.3, -0.25) is 0 Å². The third-order valence-corrected chi connectivity index (χ3v) is 3.83. The second kappa shape index (κ2) is 5.94. The van der Waals surface area contributed by atoms with Crippen LogP contribution in [0, 0.1) is 16.7 Å². The van der Waals surface area contributed by atoms with Crippen LogP contribution in [0.5, 0.6) is 5.75 Å². The van der Waals surface area contributed by atoms with Gasteiger partial charge in [0.25, 0.3) is 0 Å². The predicted molar refractivity (Wildman–Crippen MR) is 79.0 cm³/mol. The Kier molecular flexibility index (Phi) is 4.49. The van der Waals surface area contributed by atoms with Crippen molar-refractivity contribution in [2.45, 2.75) is 32.7 Å². The highest BCUT2D eigenvalue weighted by atomic mass is 79.9. The topological polar surface area (TPSA) is 45.0 Å². The summed E-state index contributed by atoms with van der Waals surface area (Å²) in [7, 11) is 0. The van der Waals surface area contributed by atoms with Gasteiger partial charge in [0, 0.05) is 22.6 Å². The molecule has 1 aromatic rings. The van der Waals surface area contributed by atoms with Crippen LogP contribution >= 0.6 is 15.9 Å². The molecule has 4 heteroatoms. The molecule has 3 nitrogen and oxygen atoms in total. The van der Waals surface area contributed by atoms with Crippen LogP contribution in [0.3, 0.4) is 0 Å². The minimum atomic E-state index is -0.345. The standard InChI is InChI=1S/C15H19BrN2O/c1-15(2,9-17)10-18-13-4-3-7-19-14-8-11(16)5-6-12(13)14/h5-6,8,13,18H,3-4,7,10H2,1-2H3. The van der Waals surface area contributed by atoms with Crippen LogP contribution in [0.15, 0.2) is 22.7 Å². The molecule has 0 spiro atoms. The molecule has 0 radical (unpaired) electrons. The Morgan fingerprint density at radius 1 is 1.53 bits per heavy atom. The van der Waals surface area contributed by atoms with Crippen LogP contribution in [0.25, 0.3) is 0 Å². The maximum atomic E-state index is 9.09. The van der Waals surface area contributed by atoms with E-state index in [1.54, 1.807) is 0 Å². The lowest BCUT2D eigenvalue weighted by Gasteiger charge is -2.23. The van der Waals surface area contributed by atoms with E-state index in [2.05, 4.69) is 33.4 Å². The maximum Gasteiger partial charge on any atom is 0.125 e. The lowest BCUT2D eigenvalue weighted by Crippen LogP contribution is -2.31. The van der Waals surface area contributed by atoms with Gasteiger partial charge in [-0.2, -0.15) is 5.26 Å². The molecule has 2 rings (SSSR count). The average Bonchev–Trinajstić information content (AvgIpc) is 2.58. The molecule has 1 atom stereocenters. The summed E-state index contributed by atoms with van der Waals surface area (Å²) in [5.74, 6) is 0.944. The van der Waals surface area contributed by atoms with E-state index in [0.717, 1.165) is 29.7 Å². The molecule has 0 saturated heterocycles. The van der Waals surface area contributed by atoms with Crippen molar-refractivity contribution in [1.82, 2.24) is 5.32 Å². The van der Waals surface area contributed by atoms with Crippen molar-refractivity contribution in [3.05, 3.63) is 28.2 Å². The van der Waals surface area contributed by atoms with Crippen molar-refractivity contribution in [2.75, 3.05) is 13.2 Å². The van der Waals surface area contributed by atoms with Crippen molar-refractivity contribution in [1.29, 1.82) is 5.26 Å². The number of fused-ring (bicyclic) bond motifs is 1. The largest absolute Gasteiger partial charge is 0.493 e. The minimum absolute atomic E-state index is 0.262. The Labute approximate surface area is 123 Å². The van der Waals surface area contributed by atoms with E-state index in [1.807, 2.05) is 26.0 Å². The molecule has 0 fully saturated rings. The monoisotopic (exact) mass is 322 g/mol. The highest BCUT2D eigenvalue weighted by molar-refractivity contribution is 9.10. The van der Waals surface area contributed by atoms with Crippen LogP contribution in [0.4, 0.5) is 0 Å². The molecule has 0 saturated carbocycles. The first kappa shape index (κ1) is 14.4. The van der Waals surface area contributed by atoms with E-state index in [0.29, 0.717) is 6.54 Å². The lowest BCUT2D eigenvalue weighted by atomic mass is 9.94. The van der Waals surface area contributed by atoms with Gasteiger partial charge in [0.2, 0.25) is 0 Å². The van der Waals surface area contributed by atoms with Crippen molar-refractivity contribution in [3.63, 3.8) is 0 Å². The highest BCUT2D eigenvalue weighted by Crippen LogP contribution is 2.34. The van der Waals surface area contributed by atoms with E-state index < -0.39 is 0 Å². The highest BCUT2D eigenvalue weighted by Gasteiger charge is 2.23. The first-order chi connectivity index (χ1) is 9.02. The summed E-state index contributed by atoms with van der Waals surface area (Å²) < 4.78 is 6.81. The number of benzene rings is 1. The third-order valence-electron chi connectivity index (χ3n) is 3.34. The number of rotatable bonds is 3. The number of hydrogen-bond donors (Lipinski definition) is 1. The molecule has 1 aliphatic rings. The number of nitrogens with one attached hydrogen (secondary N) is 1. The molecule has 1 heterocycles. The summed E-state index contributed by atoms with van der Waals surface area (Å²) in [6.07, 6.45) is 2.06. The number of ether oxygens (including phenoxy) is 1. The average molecular weight is 323 g/mol. The van der Waals surface area contributed by atoms with Crippen molar-refractivity contribution < 1.29 is 4.74 Å². The predicted octanol–water partition coefficient (Wildman–Crippen LogP) is 3.80. The number of nitriles is 1. The SMILES string of the molecule is CC(C)(C#N)CNC1CCCOc2cc(Br)ccc21. The summed E-state index contributed by atoms with van der Waals surface area (Å²) in [5.41, 5.74) is 0.845. The van der Waals surface area contributed by atoms with Crippen molar-refractivity contribution in [3.8, 4) is 11.8 Å². The maximum absolute atomic E-state index is 9.09. The quantitative estimate of drug-likeness (QED) is 0.920. The Balaban J connectivity index is 2.16. The second-order valence-electron chi connectivity index (χ2n) is 5.60. The van der Waals surface area contributed by atoms with Gasteiger partial charge in [-0.25, -0.2) is 0 Å². The van der Waals surface area contributed by atoms with E-state index in [9.17, 15) is 0 Å². The van der Waals surface area contributed by atoms with Gasteiger partial charge in [-0.15, -0.1) is 0 Å². The second-order valence-corrected chi connectivity index (χ2v) is 6.52. The Hall–Kier alpha value is -1.05. The van der Waals surface area contributed by atoms with Crippen molar-refractivity contribution in [2.24, 2.45) is 5.41 Å². The number of nitrogens with zero attached hydrogens (tertiary/aromatic N) is 1. The lowest BCUT2D eigenvalue weighted by molar-refractivity contribution is 0.314. The van der Waals surface area contributed by atoms with Crippen molar-refractivity contribution >= 4 is 15.9 Å².